The highest BCUT2D eigenvalue weighted by molar-refractivity contribution is 7.92. The molecule has 0 saturated heterocycles. The summed E-state index contributed by atoms with van der Waals surface area (Å²) in [7, 11) is -1.06. The first-order valence-electron chi connectivity index (χ1n) is 6.67. The summed E-state index contributed by atoms with van der Waals surface area (Å²) in [5.74, 6) is -0.703. The molecule has 22 heavy (non-hydrogen) atoms. The topological polar surface area (TPSA) is 46.6 Å². The molecular formula is C16H18FNO3S. The van der Waals surface area contributed by atoms with E-state index in [4.69, 9.17) is 4.74 Å². The molecule has 0 saturated carbocycles. The number of halogens is 1. The highest BCUT2D eigenvalue weighted by atomic mass is 32.2. The van der Waals surface area contributed by atoms with E-state index in [2.05, 4.69) is 0 Å². The molecule has 0 bridgehead atoms. The Morgan fingerprint density at radius 1 is 1.14 bits per heavy atom. The number of ether oxygens (including phenoxy) is 1. The maximum atomic E-state index is 13.8. The van der Waals surface area contributed by atoms with Gasteiger partial charge >= 0.3 is 0 Å². The zero-order chi connectivity index (χ0) is 16.5. The van der Waals surface area contributed by atoms with Crippen LogP contribution in [0.5, 0.6) is 5.75 Å². The fourth-order valence-corrected chi connectivity index (χ4v) is 3.44. The van der Waals surface area contributed by atoms with Crippen molar-refractivity contribution in [2.75, 3.05) is 18.5 Å². The van der Waals surface area contributed by atoms with Gasteiger partial charge in [-0.15, -0.1) is 0 Å². The number of methoxy groups -OCH3 is 1. The standard InChI is InChI=1S/C16H18FNO3S/c1-11-6-5-7-15(12(11)2)18(3)22(19,20)13-8-9-16(21-4)14(17)10-13/h5-10H,1-4H3. The predicted molar refractivity (Wildman–Crippen MR) is 84.5 cm³/mol. The summed E-state index contributed by atoms with van der Waals surface area (Å²) in [6.07, 6.45) is 0. The third kappa shape index (κ3) is 2.78. The summed E-state index contributed by atoms with van der Waals surface area (Å²) in [5, 5.41) is 0. The third-order valence-corrected chi connectivity index (χ3v) is 5.46. The SMILES string of the molecule is COc1ccc(S(=O)(=O)N(C)c2cccc(C)c2C)cc1F. The average molecular weight is 323 g/mol. The van der Waals surface area contributed by atoms with Crippen LogP contribution >= 0.6 is 0 Å². The molecule has 6 heteroatoms. The lowest BCUT2D eigenvalue weighted by molar-refractivity contribution is 0.385. The van der Waals surface area contributed by atoms with Crippen LogP contribution in [-0.2, 0) is 10.0 Å². The normalized spacial score (nSPS) is 11.3. The van der Waals surface area contributed by atoms with Crippen molar-refractivity contribution in [3.63, 3.8) is 0 Å². The van der Waals surface area contributed by atoms with Crippen molar-refractivity contribution < 1.29 is 17.5 Å². The van der Waals surface area contributed by atoms with Crippen LogP contribution in [-0.4, -0.2) is 22.6 Å². The molecule has 0 aliphatic carbocycles. The second kappa shape index (κ2) is 5.96. The van der Waals surface area contributed by atoms with Crippen molar-refractivity contribution in [3.8, 4) is 5.75 Å². The largest absolute Gasteiger partial charge is 0.494 e. The van der Waals surface area contributed by atoms with Gasteiger partial charge in [0.25, 0.3) is 10.0 Å². The Morgan fingerprint density at radius 3 is 2.41 bits per heavy atom. The molecule has 0 aliphatic heterocycles. The summed E-state index contributed by atoms with van der Waals surface area (Å²) >= 11 is 0. The maximum absolute atomic E-state index is 13.8. The van der Waals surface area contributed by atoms with Crippen molar-refractivity contribution in [1.82, 2.24) is 0 Å². The fraction of sp³-hybridized carbons (Fsp3) is 0.250. The number of anilines is 1. The monoisotopic (exact) mass is 323 g/mol. The van der Waals surface area contributed by atoms with Gasteiger partial charge in [0.15, 0.2) is 11.6 Å². The molecule has 0 atom stereocenters. The Balaban J connectivity index is 2.50. The van der Waals surface area contributed by atoms with E-state index in [9.17, 15) is 12.8 Å². The van der Waals surface area contributed by atoms with Crippen LogP contribution in [0.1, 0.15) is 11.1 Å². The number of aryl methyl sites for hydroxylation is 1. The molecule has 0 radical (unpaired) electrons. The third-order valence-electron chi connectivity index (χ3n) is 3.70. The quantitative estimate of drug-likeness (QED) is 0.867. The molecule has 0 amide bonds. The van der Waals surface area contributed by atoms with Crippen LogP contribution in [0.15, 0.2) is 41.3 Å². The number of rotatable bonds is 4. The summed E-state index contributed by atoms with van der Waals surface area (Å²) in [6.45, 7) is 3.76. The van der Waals surface area contributed by atoms with Gasteiger partial charge in [0, 0.05) is 7.05 Å². The number of sulfonamides is 1. The lowest BCUT2D eigenvalue weighted by Crippen LogP contribution is -2.27. The van der Waals surface area contributed by atoms with Gasteiger partial charge in [-0.1, -0.05) is 12.1 Å². The van der Waals surface area contributed by atoms with Crippen LogP contribution in [0.2, 0.25) is 0 Å². The van der Waals surface area contributed by atoms with Gasteiger partial charge in [0.1, 0.15) is 0 Å². The highest BCUT2D eigenvalue weighted by Crippen LogP contribution is 2.28. The van der Waals surface area contributed by atoms with Crippen LogP contribution < -0.4 is 9.04 Å². The van der Waals surface area contributed by atoms with Crippen molar-refractivity contribution in [1.29, 1.82) is 0 Å². The van der Waals surface area contributed by atoms with Gasteiger partial charge < -0.3 is 4.74 Å². The number of benzene rings is 2. The number of hydrogen-bond acceptors (Lipinski definition) is 3. The van der Waals surface area contributed by atoms with E-state index in [-0.39, 0.29) is 10.6 Å². The maximum Gasteiger partial charge on any atom is 0.264 e. The molecule has 0 heterocycles. The lowest BCUT2D eigenvalue weighted by atomic mass is 10.1. The fourth-order valence-electron chi connectivity index (χ4n) is 2.17. The minimum Gasteiger partial charge on any atom is -0.494 e. The first-order chi connectivity index (χ1) is 10.3. The lowest BCUT2D eigenvalue weighted by Gasteiger charge is -2.22. The summed E-state index contributed by atoms with van der Waals surface area (Å²) < 4.78 is 45.1. The van der Waals surface area contributed by atoms with Gasteiger partial charge in [-0.3, -0.25) is 4.31 Å². The first kappa shape index (κ1) is 16.3. The second-order valence-electron chi connectivity index (χ2n) is 4.99. The van der Waals surface area contributed by atoms with E-state index in [0.29, 0.717) is 5.69 Å². The zero-order valence-corrected chi connectivity index (χ0v) is 13.7. The van der Waals surface area contributed by atoms with E-state index < -0.39 is 15.8 Å². The van der Waals surface area contributed by atoms with Gasteiger partial charge in [0.05, 0.1) is 17.7 Å². The Morgan fingerprint density at radius 2 is 1.82 bits per heavy atom. The smallest absolute Gasteiger partial charge is 0.264 e. The number of hydrogen-bond donors (Lipinski definition) is 0. The average Bonchev–Trinajstić information content (AvgIpc) is 2.49. The Labute approximate surface area is 130 Å². The summed E-state index contributed by atoms with van der Waals surface area (Å²) in [4.78, 5) is -0.116. The zero-order valence-electron chi connectivity index (χ0n) is 12.9. The molecule has 0 unspecified atom stereocenters. The molecule has 2 rings (SSSR count). The van der Waals surface area contributed by atoms with Crippen molar-refractivity contribution >= 4 is 15.7 Å². The number of nitrogens with zero attached hydrogens (tertiary/aromatic N) is 1. The van der Waals surface area contributed by atoms with Crippen LogP contribution in [0.3, 0.4) is 0 Å². The molecular weight excluding hydrogens is 305 g/mol. The van der Waals surface area contributed by atoms with E-state index in [1.54, 1.807) is 12.1 Å². The van der Waals surface area contributed by atoms with Crippen LogP contribution in [0, 0.1) is 19.7 Å². The van der Waals surface area contributed by atoms with Gasteiger partial charge in [-0.2, -0.15) is 0 Å². The van der Waals surface area contributed by atoms with Crippen molar-refractivity contribution in [2.45, 2.75) is 18.7 Å². The van der Waals surface area contributed by atoms with Gasteiger partial charge in [0.2, 0.25) is 0 Å². The summed E-state index contributed by atoms with van der Waals surface area (Å²) in [5.41, 5.74) is 2.42. The molecule has 2 aromatic rings. The van der Waals surface area contributed by atoms with Gasteiger partial charge in [-0.25, -0.2) is 12.8 Å². The summed E-state index contributed by atoms with van der Waals surface area (Å²) in [6, 6.07) is 9.03. The second-order valence-corrected chi connectivity index (χ2v) is 6.96. The van der Waals surface area contributed by atoms with Crippen LogP contribution in [0.4, 0.5) is 10.1 Å². The Hall–Kier alpha value is -2.08. The van der Waals surface area contributed by atoms with E-state index in [1.165, 1.54) is 26.3 Å². The molecule has 0 aromatic heterocycles. The Kier molecular flexibility index (Phi) is 4.42. The first-order valence-corrected chi connectivity index (χ1v) is 8.11. The minimum absolute atomic E-state index is 0.00772. The van der Waals surface area contributed by atoms with Crippen molar-refractivity contribution in [2.24, 2.45) is 0 Å². The molecule has 0 N–H and O–H groups in total. The van der Waals surface area contributed by atoms with E-state index in [1.807, 2.05) is 19.9 Å². The molecule has 0 fully saturated rings. The van der Waals surface area contributed by atoms with Crippen LogP contribution in [0.25, 0.3) is 0 Å². The minimum atomic E-state index is -3.84. The molecule has 0 aliphatic rings. The van der Waals surface area contributed by atoms with Gasteiger partial charge in [-0.05, 0) is 49.2 Å². The Bertz CT molecular complexity index is 803. The molecule has 4 nitrogen and oxygen atoms in total. The van der Waals surface area contributed by atoms with E-state index >= 15 is 0 Å². The van der Waals surface area contributed by atoms with Crippen molar-refractivity contribution in [3.05, 3.63) is 53.3 Å². The molecule has 118 valence electrons. The highest BCUT2D eigenvalue weighted by Gasteiger charge is 2.24. The molecule has 2 aromatic carbocycles. The molecule has 0 spiro atoms. The predicted octanol–water partition coefficient (Wildman–Crippen LogP) is 3.28. The van der Waals surface area contributed by atoms with E-state index in [0.717, 1.165) is 21.5 Å².